The number of benzene rings is 1. The molecule has 0 aliphatic rings. The highest BCUT2D eigenvalue weighted by Gasteiger charge is 2.03. The summed E-state index contributed by atoms with van der Waals surface area (Å²) in [6, 6.07) is 10.1. The lowest BCUT2D eigenvalue weighted by Crippen LogP contribution is -2.08. The van der Waals surface area contributed by atoms with Crippen LogP contribution in [-0.2, 0) is 11.2 Å². The first-order chi connectivity index (χ1) is 7.68. The SMILES string of the molecule is N=C(CCCCc1ccccc1)OC(=O)O. The summed E-state index contributed by atoms with van der Waals surface area (Å²) in [5.41, 5.74) is 1.26. The molecule has 0 aromatic heterocycles. The normalized spacial score (nSPS) is 9.75. The van der Waals surface area contributed by atoms with Gasteiger partial charge in [-0.2, -0.15) is 0 Å². The van der Waals surface area contributed by atoms with E-state index in [4.69, 9.17) is 10.5 Å². The molecule has 0 amide bonds. The maximum absolute atomic E-state index is 10.1. The average Bonchev–Trinajstić information content (AvgIpc) is 2.25. The zero-order valence-electron chi connectivity index (χ0n) is 8.98. The predicted molar refractivity (Wildman–Crippen MR) is 60.8 cm³/mol. The van der Waals surface area contributed by atoms with Crippen molar-refractivity contribution in [3.8, 4) is 0 Å². The molecule has 0 aliphatic heterocycles. The Bertz CT molecular complexity index is 349. The summed E-state index contributed by atoms with van der Waals surface area (Å²) in [5.74, 6) is -0.180. The van der Waals surface area contributed by atoms with Gasteiger partial charge in [0, 0.05) is 6.42 Å². The molecule has 0 fully saturated rings. The molecule has 0 saturated carbocycles. The first-order valence-electron chi connectivity index (χ1n) is 5.20. The summed E-state index contributed by atoms with van der Waals surface area (Å²) in [7, 11) is 0. The summed E-state index contributed by atoms with van der Waals surface area (Å²) in [6.07, 6.45) is 1.60. The number of carbonyl (C=O) groups is 1. The van der Waals surface area contributed by atoms with E-state index >= 15 is 0 Å². The Kier molecular flexibility index (Phi) is 5.05. The quantitative estimate of drug-likeness (QED) is 0.347. The number of hydrogen-bond acceptors (Lipinski definition) is 3. The van der Waals surface area contributed by atoms with Crippen molar-refractivity contribution in [2.24, 2.45) is 0 Å². The van der Waals surface area contributed by atoms with Gasteiger partial charge in [0.05, 0.1) is 0 Å². The van der Waals surface area contributed by atoms with Crippen molar-refractivity contribution in [2.75, 3.05) is 0 Å². The van der Waals surface area contributed by atoms with Crippen LogP contribution in [-0.4, -0.2) is 17.2 Å². The van der Waals surface area contributed by atoms with Gasteiger partial charge < -0.3 is 9.84 Å². The molecular weight excluding hydrogens is 206 g/mol. The Labute approximate surface area is 94.4 Å². The van der Waals surface area contributed by atoms with Crippen LogP contribution in [0, 0.1) is 5.41 Å². The van der Waals surface area contributed by atoms with E-state index in [-0.39, 0.29) is 5.90 Å². The van der Waals surface area contributed by atoms with Crippen molar-refractivity contribution in [3.05, 3.63) is 35.9 Å². The summed E-state index contributed by atoms with van der Waals surface area (Å²) in [4.78, 5) is 10.1. The van der Waals surface area contributed by atoms with E-state index in [1.807, 2.05) is 18.2 Å². The van der Waals surface area contributed by atoms with Crippen molar-refractivity contribution in [3.63, 3.8) is 0 Å². The third-order valence-corrected chi connectivity index (χ3v) is 2.17. The molecular formula is C12H15NO3. The molecule has 0 atom stereocenters. The van der Waals surface area contributed by atoms with Crippen LogP contribution in [0.15, 0.2) is 30.3 Å². The molecule has 0 saturated heterocycles. The molecule has 0 heterocycles. The summed E-state index contributed by atoms with van der Waals surface area (Å²) < 4.78 is 4.20. The highest BCUT2D eigenvalue weighted by molar-refractivity contribution is 5.82. The van der Waals surface area contributed by atoms with Crippen molar-refractivity contribution < 1.29 is 14.6 Å². The minimum Gasteiger partial charge on any atom is -0.449 e. The summed E-state index contributed by atoms with van der Waals surface area (Å²) in [5, 5.41) is 15.5. The Hall–Kier alpha value is -1.84. The lowest BCUT2D eigenvalue weighted by atomic mass is 10.1. The third kappa shape index (κ3) is 5.14. The second kappa shape index (κ2) is 6.61. The maximum Gasteiger partial charge on any atom is 0.512 e. The molecule has 2 N–H and O–H groups in total. The summed E-state index contributed by atoms with van der Waals surface area (Å²) >= 11 is 0. The molecule has 1 aromatic carbocycles. The first kappa shape index (κ1) is 12.2. The molecule has 16 heavy (non-hydrogen) atoms. The van der Waals surface area contributed by atoms with Gasteiger partial charge in [0.2, 0.25) is 0 Å². The van der Waals surface area contributed by atoms with Gasteiger partial charge in [-0.1, -0.05) is 30.3 Å². The van der Waals surface area contributed by atoms with Gasteiger partial charge in [0.25, 0.3) is 0 Å². The largest absolute Gasteiger partial charge is 0.512 e. The van der Waals surface area contributed by atoms with E-state index in [0.29, 0.717) is 6.42 Å². The topological polar surface area (TPSA) is 70.4 Å². The van der Waals surface area contributed by atoms with E-state index in [0.717, 1.165) is 19.3 Å². The van der Waals surface area contributed by atoms with Crippen LogP contribution in [0.4, 0.5) is 4.79 Å². The fraction of sp³-hybridized carbons (Fsp3) is 0.333. The van der Waals surface area contributed by atoms with Crippen molar-refractivity contribution in [1.82, 2.24) is 0 Å². The third-order valence-electron chi connectivity index (χ3n) is 2.17. The van der Waals surface area contributed by atoms with Gasteiger partial charge in [0.15, 0.2) is 5.90 Å². The second-order valence-electron chi connectivity index (χ2n) is 3.48. The minimum absolute atomic E-state index is 0.180. The van der Waals surface area contributed by atoms with Gasteiger partial charge in [0.1, 0.15) is 0 Å². The number of rotatable bonds is 5. The van der Waals surface area contributed by atoms with Gasteiger partial charge in [-0.05, 0) is 24.8 Å². The van der Waals surface area contributed by atoms with E-state index in [2.05, 4.69) is 16.9 Å². The highest BCUT2D eigenvalue weighted by atomic mass is 16.7. The lowest BCUT2D eigenvalue weighted by Gasteiger charge is -2.02. The number of carboxylic acid groups (broad SMARTS) is 1. The number of nitrogens with one attached hydrogen (secondary N) is 1. The number of aryl methyl sites for hydroxylation is 1. The van der Waals surface area contributed by atoms with Crippen molar-refractivity contribution in [1.29, 1.82) is 5.41 Å². The van der Waals surface area contributed by atoms with Gasteiger partial charge in [-0.3, -0.25) is 5.41 Å². The van der Waals surface area contributed by atoms with E-state index in [1.165, 1.54) is 5.56 Å². The maximum atomic E-state index is 10.1. The van der Waals surface area contributed by atoms with Gasteiger partial charge >= 0.3 is 6.16 Å². The van der Waals surface area contributed by atoms with Gasteiger partial charge in [-0.15, -0.1) is 0 Å². The lowest BCUT2D eigenvalue weighted by molar-refractivity contribution is 0.138. The van der Waals surface area contributed by atoms with Crippen LogP contribution in [0.3, 0.4) is 0 Å². The zero-order chi connectivity index (χ0) is 11.8. The van der Waals surface area contributed by atoms with Crippen molar-refractivity contribution >= 4 is 12.1 Å². The Morgan fingerprint density at radius 2 is 1.94 bits per heavy atom. The molecule has 1 rings (SSSR count). The fourth-order valence-corrected chi connectivity index (χ4v) is 1.42. The molecule has 0 bridgehead atoms. The average molecular weight is 221 g/mol. The van der Waals surface area contributed by atoms with Crippen LogP contribution in [0.1, 0.15) is 24.8 Å². The monoisotopic (exact) mass is 221 g/mol. The number of hydrogen-bond donors (Lipinski definition) is 2. The van der Waals surface area contributed by atoms with Crippen LogP contribution >= 0.6 is 0 Å². The van der Waals surface area contributed by atoms with E-state index in [1.54, 1.807) is 0 Å². The standard InChI is InChI=1S/C12H15NO3/c13-11(16-12(14)15)9-5-4-8-10-6-2-1-3-7-10/h1-3,6-7,13H,4-5,8-9H2,(H,14,15). The Morgan fingerprint density at radius 3 is 2.56 bits per heavy atom. The molecule has 1 aromatic rings. The second-order valence-corrected chi connectivity index (χ2v) is 3.48. The molecule has 0 radical (unpaired) electrons. The minimum atomic E-state index is -1.41. The predicted octanol–water partition coefficient (Wildman–Crippen LogP) is 3.07. The van der Waals surface area contributed by atoms with Gasteiger partial charge in [-0.25, -0.2) is 4.79 Å². The fourth-order valence-electron chi connectivity index (χ4n) is 1.42. The van der Waals surface area contributed by atoms with Crippen molar-refractivity contribution in [2.45, 2.75) is 25.7 Å². The zero-order valence-corrected chi connectivity index (χ0v) is 8.98. The Morgan fingerprint density at radius 1 is 1.25 bits per heavy atom. The number of unbranched alkanes of at least 4 members (excludes halogenated alkanes) is 1. The van der Waals surface area contributed by atoms with Crippen LogP contribution in [0.5, 0.6) is 0 Å². The molecule has 0 unspecified atom stereocenters. The molecule has 0 aliphatic carbocycles. The Balaban J connectivity index is 2.13. The molecule has 4 nitrogen and oxygen atoms in total. The molecule has 86 valence electrons. The van der Waals surface area contributed by atoms with E-state index < -0.39 is 6.16 Å². The van der Waals surface area contributed by atoms with Crippen LogP contribution in [0.2, 0.25) is 0 Å². The van der Waals surface area contributed by atoms with E-state index in [9.17, 15) is 4.79 Å². The number of ether oxygens (including phenoxy) is 1. The van der Waals surface area contributed by atoms with Crippen LogP contribution < -0.4 is 0 Å². The van der Waals surface area contributed by atoms with Crippen LogP contribution in [0.25, 0.3) is 0 Å². The summed E-state index contributed by atoms with van der Waals surface area (Å²) in [6.45, 7) is 0. The molecule has 0 spiro atoms. The molecule has 4 heteroatoms. The highest BCUT2D eigenvalue weighted by Crippen LogP contribution is 2.06. The smallest absolute Gasteiger partial charge is 0.449 e. The first-order valence-corrected chi connectivity index (χ1v) is 5.20.